The molecule has 0 saturated carbocycles. The molecule has 1 unspecified atom stereocenters. The molecule has 10 aromatic carbocycles. The first kappa shape index (κ1) is 37.4. The molecular weight excluding hydrogens is 787 g/mol. The molecule has 2 aliphatic rings. The summed E-state index contributed by atoms with van der Waals surface area (Å²) >= 11 is 0. The molecule has 0 bridgehead atoms. The molecule has 0 fully saturated rings. The average molecular weight is 830 g/mol. The van der Waals surface area contributed by atoms with Crippen molar-refractivity contribution in [1.82, 2.24) is 0 Å². The maximum atomic E-state index is 6.36. The van der Waals surface area contributed by atoms with E-state index >= 15 is 0 Å². The zero-order chi connectivity index (χ0) is 42.9. The summed E-state index contributed by atoms with van der Waals surface area (Å²) in [4.78, 5) is 2.42. The lowest BCUT2D eigenvalue weighted by Gasteiger charge is -2.29. The van der Waals surface area contributed by atoms with Gasteiger partial charge in [-0.25, -0.2) is 0 Å². The minimum atomic E-state index is -0.132. The van der Waals surface area contributed by atoms with E-state index in [1.54, 1.807) is 0 Å². The summed E-state index contributed by atoms with van der Waals surface area (Å²) in [6.45, 7) is 0. The number of anilines is 3. The van der Waals surface area contributed by atoms with Crippen LogP contribution in [0.15, 0.2) is 241 Å². The quantitative estimate of drug-likeness (QED) is 0.159. The van der Waals surface area contributed by atoms with Gasteiger partial charge in [0.2, 0.25) is 0 Å². The van der Waals surface area contributed by atoms with Gasteiger partial charge in [0.1, 0.15) is 11.2 Å². The van der Waals surface area contributed by atoms with Crippen LogP contribution in [0.2, 0.25) is 0 Å². The summed E-state index contributed by atoms with van der Waals surface area (Å²) < 4.78 is 6.36. The molecule has 0 saturated heterocycles. The molecule has 0 amide bonds. The predicted molar refractivity (Wildman–Crippen MR) is 270 cm³/mol. The number of benzene rings is 10. The van der Waals surface area contributed by atoms with Crippen LogP contribution in [0.25, 0.3) is 77.6 Å². The second kappa shape index (κ2) is 15.0. The van der Waals surface area contributed by atoms with Crippen molar-refractivity contribution in [3.63, 3.8) is 0 Å². The minimum Gasteiger partial charge on any atom is -0.456 e. The number of aryl methyl sites for hydroxylation is 1. The molecular formula is C63H43NO. The number of para-hydroxylation sites is 2. The van der Waals surface area contributed by atoms with Gasteiger partial charge in [-0.3, -0.25) is 0 Å². The molecule has 2 nitrogen and oxygen atoms in total. The first-order chi connectivity index (χ1) is 32.2. The highest BCUT2D eigenvalue weighted by Gasteiger charge is 2.48. The van der Waals surface area contributed by atoms with Crippen LogP contribution in [0, 0.1) is 0 Å². The molecule has 306 valence electrons. The molecule has 0 radical (unpaired) electrons. The maximum absolute atomic E-state index is 6.36. The van der Waals surface area contributed by atoms with E-state index in [0.29, 0.717) is 0 Å². The summed E-state index contributed by atoms with van der Waals surface area (Å²) in [5.74, 6) is 0. The third-order valence-electron chi connectivity index (χ3n) is 14.1. The highest BCUT2D eigenvalue weighted by Crippen LogP contribution is 2.59. The van der Waals surface area contributed by atoms with Gasteiger partial charge in [-0.1, -0.05) is 188 Å². The second-order valence-electron chi connectivity index (χ2n) is 17.5. The number of hydrogen-bond acceptors (Lipinski definition) is 2. The monoisotopic (exact) mass is 829 g/mol. The molecule has 1 atom stereocenters. The molecule has 65 heavy (non-hydrogen) atoms. The van der Waals surface area contributed by atoms with E-state index in [1.165, 1.54) is 72.3 Å². The van der Waals surface area contributed by atoms with E-state index in [1.807, 2.05) is 6.07 Å². The molecule has 1 heterocycles. The predicted octanol–water partition coefficient (Wildman–Crippen LogP) is 17.0. The number of rotatable bonds is 7. The van der Waals surface area contributed by atoms with Crippen LogP contribution in [0.3, 0.4) is 0 Å². The SMILES string of the molecule is c1ccc(-c2ccccc2-c2ccccc2-c2ccccc2N(c2ccc(-c3ccc4c(c3)C3(CCc5ccccc53)c3ccccc3-4)cc2)c2ccc3oc4ccccc4c3c2)cc1. The van der Waals surface area contributed by atoms with E-state index < -0.39 is 0 Å². The summed E-state index contributed by atoms with van der Waals surface area (Å²) in [5.41, 5.74) is 22.9. The highest BCUT2D eigenvalue weighted by molar-refractivity contribution is 6.07. The van der Waals surface area contributed by atoms with Crippen LogP contribution < -0.4 is 4.90 Å². The van der Waals surface area contributed by atoms with Crippen LogP contribution in [0.1, 0.15) is 28.7 Å². The largest absolute Gasteiger partial charge is 0.456 e. The van der Waals surface area contributed by atoms with E-state index in [4.69, 9.17) is 4.42 Å². The van der Waals surface area contributed by atoms with E-state index in [2.05, 4.69) is 235 Å². The van der Waals surface area contributed by atoms with Crippen LogP contribution in [-0.2, 0) is 11.8 Å². The molecule has 1 spiro atoms. The van der Waals surface area contributed by atoms with Gasteiger partial charge in [-0.2, -0.15) is 0 Å². The zero-order valence-corrected chi connectivity index (χ0v) is 35.8. The van der Waals surface area contributed by atoms with Crippen molar-refractivity contribution < 1.29 is 4.42 Å². The number of furan rings is 1. The van der Waals surface area contributed by atoms with Gasteiger partial charge < -0.3 is 9.32 Å². The van der Waals surface area contributed by atoms with Crippen molar-refractivity contribution in [1.29, 1.82) is 0 Å². The van der Waals surface area contributed by atoms with Gasteiger partial charge in [-0.05, 0) is 134 Å². The Kier molecular flexibility index (Phi) is 8.60. The Morgan fingerprint density at radius 1 is 0.338 bits per heavy atom. The normalized spacial score (nSPS) is 14.7. The third kappa shape index (κ3) is 5.88. The fourth-order valence-corrected chi connectivity index (χ4v) is 11.2. The molecule has 0 N–H and O–H groups in total. The molecule has 11 aromatic rings. The van der Waals surface area contributed by atoms with Gasteiger partial charge in [0, 0.05) is 33.1 Å². The Labute approximate surface area is 379 Å². The Balaban J connectivity index is 0.964. The van der Waals surface area contributed by atoms with E-state index in [9.17, 15) is 0 Å². The van der Waals surface area contributed by atoms with Gasteiger partial charge in [0.25, 0.3) is 0 Å². The first-order valence-corrected chi connectivity index (χ1v) is 22.7. The van der Waals surface area contributed by atoms with Crippen LogP contribution in [0.4, 0.5) is 17.1 Å². The highest BCUT2D eigenvalue weighted by atomic mass is 16.3. The second-order valence-corrected chi connectivity index (χ2v) is 17.5. The number of nitrogens with zero attached hydrogens (tertiary/aromatic N) is 1. The van der Waals surface area contributed by atoms with Crippen molar-refractivity contribution in [2.45, 2.75) is 18.3 Å². The Morgan fingerprint density at radius 3 is 1.72 bits per heavy atom. The molecule has 0 aliphatic heterocycles. The van der Waals surface area contributed by atoms with Gasteiger partial charge in [0.05, 0.1) is 5.69 Å². The van der Waals surface area contributed by atoms with Crippen molar-refractivity contribution in [2.24, 2.45) is 0 Å². The molecule has 2 heteroatoms. The molecule has 13 rings (SSSR count). The van der Waals surface area contributed by atoms with E-state index in [-0.39, 0.29) is 5.41 Å². The zero-order valence-electron chi connectivity index (χ0n) is 35.8. The van der Waals surface area contributed by atoms with Gasteiger partial charge in [0.15, 0.2) is 0 Å². The lowest BCUT2D eigenvalue weighted by atomic mass is 9.73. The van der Waals surface area contributed by atoms with Crippen LogP contribution in [0.5, 0.6) is 0 Å². The fraction of sp³-hybridized carbons (Fsp3) is 0.0476. The Morgan fingerprint density at radius 2 is 0.908 bits per heavy atom. The lowest BCUT2D eigenvalue weighted by Crippen LogP contribution is -2.23. The van der Waals surface area contributed by atoms with Gasteiger partial charge in [-0.15, -0.1) is 0 Å². The van der Waals surface area contributed by atoms with Crippen molar-refractivity contribution >= 4 is 39.0 Å². The summed E-state index contributed by atoms with van der Waals surface area (Å²) in [5, 5.41) is 2.20. The van der Waals surface area contributed by atoms with Crippen LogP contribution in [-0.4, -0.2) is 0 Å². The smallest absolute Gasteiger partial charge is 0.135 e. The molecule has 1 aromatic heterocycles. The Bertz CT molecular complexity index is 3620. The summed E-state index contributed by atoms with van der Waals surface area (Å²) in [7, 11) is 0. The first-order valence-electron chi connectivity index (χ1n) is 22.7. The van der Waals surface area contributed by atoms with E-state index in [0.717, 1.165) is 57.4 Å². The number of fused-ring (bicyclic) bond motifs is 10. The minimum absolute atomic E-state index is 0.132. The molecule has 2 aliphatic carbocycles. The maximum Gasteiger partial charge on any atom is 0.135 e. The van der Waals surface area contributed by atoms with Crippen molar-refractivity contribution in [3.8, 4) is 55.6 Å². The van der Waals surface area contributed by atoms with Crippen LogP contribution >= 0.6 is 0 Å². The topological polar surface area (TPSA) is 16.4 Å². The third-order valence-corrected chi connectivity index (χ3v) is 14.1. The van der Waals surface area contributed by atoms with Crippen molar-refractivity contribution in [2.75, 3.05) is 4.90 Å². The van der Waals surface area contributed by atoms with Gasteiger partial charge >= 0.3 is 0 Å². The standard InChI is InChI=1S/C63H43NO/c1-2-16-43(17-3-1)48-19-5-6-20-49(48)50-21-7-8-22-51(50)54-24-10-14-28-60(54)64(47-35-37-62-56(41-47)55-25-11-15-29-61(55)65-62)46-33-30-42(31-34-46)45-32-36-53-52-23-9-13-27-58(52)63(59(53)40-45)39-38-44-18-4-12-26-57(44)63/h1-37,40-41H,38-39H2. The average Bonchev–Trinajstić information content (AvgIpc) is 4.05. The Hall–Kier alpha value is -8.20. The fourth-order valence-electron chi connectivity index (χ4n) is 11.2. The van der Waals surface area contributed by atoms with Crippen molar-refractivity contribution in [3.05, 3.63) is 259 Å². The number of hydrogen-bond donors (Lipinski definition) is 0. The lowest BCUT2D eigenvalue weighted by molar-refractivity contribution is 0.626. The summed E-state index contributed by atoms with van der Waals surface area (Å²) in [6.07, 6.45) is 2.18. The summed E-state index contributed by atoms with van der Waals surface area (Å²) in [6, 6.07) is 86.7.